The van der Waals surface area contributed by atoms with E-state index in [1.807, 2.05) is 6.92 Å². The maximum absolute atomic E-state index is 9.90. The molecule has 1 aromatic rings. The smallest absolute Gasteiger partial charge is 0.0528 e. The van der Waals surface area contributed by atoms with Gasteiger partial charge >= 0.3 is 0 Å². The van der Waals surface area contributed by atoms with Crippen LogP contribution in [0.2, 0.25) is 0 Å². The predicted molar refractivity (Wildman–Crippen MR) is 73.9 cm³/mol. The average Bonchev–Trinajstić information content (AvgIpc) is 2.44. The highest BCUT2D eigenvalue weighted by atomic mass is 16.5. The van der Waals surface area contributed by atoms with E-state index in [4.69, 9.17) is 4.74 Å². The minimum absolute atomic E-state index is 0.0219. The van der Waals surface area contributed by atoms with Crippen molar-refractivity contribution in [1.29, 1.82) is 0 Å². The maximum atomic E-state index is 9.90. The maximum Gasteiger partial charge on any atom is 0.0528 e. The van der Waals surface area contributed by atoms with Gasteiger partial charge in [0.1, 0.15) is 0 Å². The summed E-state index contributed by atoms with van der Waals surface area (Å²) in [6, 6.07) is 8.61. The minimum Gasteiger partial charge on any atom is -0.395 e. The summed E-state index contributed by atoms with van der Waals surface area (Å²) in [4.78, 5) is 0. The van der Waals surface area contributed by atoms with Gasteiger partial charge in [-0.3, -0.25) is 0 Å². The summed E-state index contributed by atoms with van der Waals surface area (Å²) in [5.41, 5.74) is 2.77. The van der Waals surface area contributed by atoms with E-state index < -0.39 is 0 Å². The van der Waals surface area contributed by atoms with Crippen LogP contribution in [0.5, 0.6) is 0 Å². The Morgan fingerprint density at radius 3 is 2.94 bits per heavy atom. The van der Waals surface area contributed by atoms with Crippen molar-refractivity contribution >= 4 is 0 Å². The molecule has 2 nitrogen and oxygen atoms in total. The molecule has 0 fully saturated rings. The van der Waals surface area contributed by atoms with Crippen molar-refractivity contribution in [3.8, 4) is 0 Å². The average molecular weight is 248 g/mol. The van der Waals surface area contributed by atoms with Gasteiger partial charge in [0.05, 0.1) is 6.61 Å². The lowest BCUT2D eigenvalue weighted by Gasteiger charge is -2.38. The fourth-order valence-electron chi connectivity index (χ4n) is 3.17. The van der Waals surface area contributed by atoms with E-state index >= 15 is 0 Å². The lowest BCUT2D eigenvalue weighted by Crippen LogP contribution is -2.35. The molecule has 0 radical (unpaired) electrons. The lowest BCUT2D eigenvalue weighted by atomic mass is 9.68. The van der Waals surface area contributed by atoms with E-state index in [-0.39, 0.29) is 12.0 Å². The molecule has 1 atom stereocenters. The molecule has 18 heavy (non-hydrogen) atoms. The van der Waals surface area contributed by atoms with Gasteiger partial charge < -0.3 is 9.84 Å². The molecule has 0 bridgehead atoms. The first-order valence-corrected chi connectivity index (χ1v) is 7.09. The minimum atomic E-state index is -0.0219. The van der Waals surface area contributed by atoms with Crippen molar-refractivity contribution in [3.63, 3.8) is 0 Å². The highest BCUT2D eigenvalue weighted by Gasteiger charge is 2.35. The van der Waals surface area contributed by atoms with Crippen molar-refractivity contribution in [2.24, 2.45) is 0 Å². The molecule has 0 amide bonds. The van der Waals surface area contributed by atoms with Crippen LogP contribution in [0.1, 0.15) is 43.7 Å². The number of fused-ring (bicyclic) bond motifs is 1. The zero-order valence-electron chi connectivity index (χ0n) is 11.3. The Labute approximate surface area is 110 Å². The number of aryl methyl sites for hydroxylation is 1. The molecule has 100 valence electrons. The van der Waals surface area contributed by atoms with E-state index in [1.54, 1.807) is 0 Å². The monoisotopic (exact) mass is 248 g/mol. The number of hydrogen-bond donors (Lipinski definition) is 1. The van der Waals surface area contributed by atoms with Crippen molar-refractivity contribution in [2.45, 2.75) is 44.4 Å². The molecule has 0 saturated heterocycles. The molecule has 0 spiro atoms. The van der Waals surface area contributed by atoms with Crippen LogP contribution in [0.4, 0.5) is 0 Å². The molecule has 0 aromatic heterocycles. The molecular weight excluding hydrogens is 224 g/mol. The quantitative estimate of drug-likeness (QED) is 0.784. The van der Waals surface area contributed by atoms with Crippen LogP contribution in [0.25, 0.3) is 0 Å². The molecule has 0 heterocycles. The zero-order chi connectivity index (χ0) is 12.8. The number of hydrogen-bond acceptors (Lipinski definition) is 2. The summed E-state index contributed by atoms with van der Waals surface area (Å²) in [7, 11) is 0. The molecular formula is C16H24O2. The van der Waals surface area contributed by atoms with Gasteiger partial charge in [0.25, 0.3) is 0 Å². The second-order valence-electron chi connectivity index (χ2n) is 5.25. The van der Waals surface area contributed by atoms with E-state index in [0.717, 1.165) is 38.9 Å². The number of aliphatic hydroxyl groups is 1. The Hall–Kier alpha value is -0.860. The van der Waals surface area contributed by atoms with Crippen molar-refractivity contribution in [2.75, 3.05) is 19.8 Å². The van der Waals surface area contributed by atoms with Crippen molar-refractivity contribution < 1.29 is 9.84 Å². The molecule has 0 saturated carbocycles. The van der Waals surface area contributed by atoms with Crippen LogP contribution < -0.4 is 0 Å². The second kappa shape index (κ2) is 6.35. The number of rotatable bonds is 6. The third-order valence-electron chi connectivity index (χ3n) is 4.14. The normalized spacial score (nSPS) is 22.8. The van der Waals surface area contributed by atoms with Crippen LogP contribution in [0.3, 0.4) is 0 Å². The number of ether oxygens (including phenoxy) is 1. The fraction of sp³-hybridized carbons (Fsp3) is 0.625. The first kappa shape index (κ1) is 13.6. The summed E-state index contributed by atoms with van der Waals surface area (Å²) in [5.74, 6) is 0. The first-order valence-electron chi connectivity index (χ1n) is 7.09. The molecule has 1 aromatic carbocycles. The highest BCUT2D eigenvalue weighted by molar-refractivity contribution is 5.36. The molecule has 1 aliphatic carbocycles. The number of benzene rings is 1. The highest BCUT2D eigenvalue weighted by Crippen LogP contribution is 2.40. The third-order valence-corrected chi connectivity index (χ3v) is 4.14. The topological polar surface area (TPSA) is 29.5 Å². The van der Waals surface area contributed by atoms with Gasteiger partial charge in [0, 0.05) is 18.6 Å². The van der Waals surface area contributed by atoms with Crippen molar-refractivity contribution in [3.05, 3.63) is 35.4 Å². The largest absolute Gasteiger partial charge is 0.395 e. The van der Waals surface area contributed by atoms with Gasteiger partial charge in [-0.2, -0.15) is 0 Å². The molecule has 0 aliphatic heterocycles. The standard InChI is InChI=1S/C16H24O2/c1-2-18-12-6-11-16(13-17)10-5-8-14-7-3-4-9-15(14)16/h3-4,7,9,17H,2,5-6,8,10-13H2,1H3. The van der Waals surface area contributed by atoms with Crippen molar-refractivity contribution in [1.82, 2.24) is 0 Å². The van der Waals surface area contributed by atoms with Gasteiger partial charge in [-0.05, 0) is 50.2 Å². The van der Waals surface area contributed by atoms with Gasteiger partial charge in [-0.1, -0.05) is 24.3 Å². The Balaban J connectivity index is 2.12. The summed E-state index contributed by atoms with van der Waals surface area (Å²) in [6.07, 6.45) is 5.51. The van der Waals surface area contributed by atoms with Crippen LogP contribution in [-0.4, -0.2) is 24.9 Å². The van der Waals surface area contributed by atoms with Crippen LogP contribution in [-0.2, 0) is 16.6 Å². The third kappa shape index (κ3) is 2.76. The Morgan fingerprint density at radius 1 is 1.33 bits per heavy atom. The van der Waals surface area contributed by atoms with Gasteiger partial charge in [-0.15, -0.1) is 0 Å². The SMILES string of the molecule is CCOCCCC1(CO)CCCc2ccccc21. The zero-order valence-corrected chi connectivity index (χ0v) is 11.3. The van der Waals surface area contributed by atoms with Crippen LogP contribution in [0, 0.1) is 0 Å². The second-order valence-corrected chi connectivity index (χ2v) is 5.25. The number of aliphatic hydroxyl groups excluding tert-OH is 1. The van der Waals surface area contributed by atoms with E-state index in [1.165, 1.54) is 17.5 Å². The molecule has 1 N–H and O–H groups in total. The van der Waals surface area contributed by atoms with E-state index in [2.05, 4.69) is 24.3 Å². The van der Waals surface area contributed by atoms with E-state index in [9.17, 15) is 5.11 Å². The fourth-order valence-corrected chi connectivity index (χ4v) is 3.17. The van der Waals surface area contributed by atoms with Crippen LogP contribution >= 0.6 is 0 Å². The summed E-state index contributed by atoms with van der Waals surface area (Å²) in [5, 5.41) is 9.90. The molecule has 2 heteroatoms. The predicted octanol–water partition coefficient (Wildman–Crippen LogP) is 3.07. The summed E-state index contributed by atoms with van der Waals surface area (Å²) in [6.45, 7) is 3.87. The first-order chi connectivity index (χ1) is 8.82. The lowest BCUT2D eigenvalue weighted by molar-refractivity contribution is 0.117. The Kier molecular flexibility index (Phi) is 4.79. The van der Waals surface area contributed by atoms with Gasteiger partial charge in [0.2, 0.25) is 0 Å². The summed E-state index contributed by atoms with van der Waals surface area (Å²) < 4.78 is 5.42. The molecule has 2 rings (SSSR count). The van der Waals surface area contributed by atoms with Gasteiger partial charge in [-0.25, -0.2) is 0 Å². The summed E-state index contributed by atoms with van der Waals surface area (Å²) >= 11 is 0. The Bertz CT molecular complexity index is 375. The van der Waals surface area contributed by atoms with Crippen LogP contribution in [0.15, 0.2) is 24.3 Å². The van der Waals surface area contributed by atoms with E-state index in [0.29, 0.717) is 0 Å². The van der Waals surface area contributed by atoms with Gasteiger partial charge in [0.15, 0.2) is 0 Å². The molecule has 1 aliphatic rings. The molecule has 1 unspecified atom stereocenters. The Morgan fingerprint density at radius 2 is 2.17 bits per heavy atom.